The first kappa shape index (κ1) is 24.2. The Morgan fingerprint density at radius 3 is 1.73 bits per heavy atom. The normalized spacial score (nSPS) is 11.9. The molecule has 3 aromatic carbocycles. The Kier molecular flexibility index (Phi) is 8.82. The number of benzene rings is 3. The molecule has 3 rings (SSSR count). The molecule has 0 aliphatic rings. The average molecular weight is 443 g/mol. The summed E-state index contributed by atoms with van der Waals surface area (Å²) in [5.74, 6) is -0.209. The van der Waals surface area contributed by atoms with Crippen molar-refractivity contribution >= 4 is 11.8 Å². The molecule has 33 heavy (non-hydrogen) atoms. The molecule has 4 nitrogen and oxygen atoms in total. The molecule has 0 spiro atoms. The number of rotatable bonds is 10. The van der Waals surface area contributed by atoms with E-state index in [-0.39, 0.29) is 23.8 Å². The van der Waals surface area contributed by atoms with Gasteiger partial charge in [-0.3, -0.25) is 9.59 Å². The molecule has 1 N–H and O–H groups in total. The minimum absolute atomic E-state index is 0.0154. The third kappa shape index (κ3) is 6.79. The molecule has 1 atom stereocenters. The number of nitrogens with zero attached hydrogens (tertiary/aromatic N) is 1. The number of carbonyl (C=O) groups is 2. The van der Waals surface area contributed by atoms with E-state index in [4.69, 9.17) is 0 Å². The SMILES string of the molecule is CC[C@@H](C(=O)NC(C)C)N(Cc1ccccc1)C(=O)CC(c1ccccc1)c1ccccc1. The topological polar surface area (TPSA) is 49.4 Å². The summed E-state index contributed by atoms with van der Waals surface area (Å²) in [5, 5.41) is 3.00. The van der Waals surface area contributed by atoms with E-state index in [9.17, 15) is 9.59 Å². The van der Waals surface area contributed by atoms with Crippen LogP contribution in [0.15, 0.2) is 91.0 Å². The summed E-state index contributed by atoms with van der Waals surface area (Å²) < 4.78 is 0. The van der Waals surface area contributed by atoms with Crippen LogP contribution in [0.4, 0.5) is 0 Å². The van der Waals surface area contributed by atoms with Crippen molar-refractivity contribution in [2.24, 2.45) is 0 Å². The maximum Gasteiger partial charge on any atom is 0.243 e. The van der Waals surface area contributed by atoms with Gasteiger partial charge in [-0.05, 0) is 37.0 Å². The lowest BCUT2D eigenvalue weighted by atomic mass is 9.88. The van der Waals surface area contributed by atoms with E-state index in [2.05, 4.69) is 29.6 Å². The number of hydrogen-bond donors (Lipinski definition) is 1. The molecule has 0 radical (unpaired) electrons. The van der Waals surface area contributed by atoms with Gasteiger partial charge in [0.2, 0.25) is 11.8 Å². The molecule has 172 valence electrons. The zero-order valence-electron chi connectivity index (χ0n) is 19.8. The van der Waals surface area contributed by atoms with Crippen LogP contribution in [-0.4, -0.2) is 28.8 Å². The van der Waals surface area contributed by atoms with Crippen molar-refractivity contribution in [2.75, 3.05) is 0 Å². The molecule has 3 aromatic rings. The zero-order valence-corrected chi connectivity index (χ0v) is 19.8. The average Bonchev–Trinajstić information content (AvgIpc) is 2.83. The Bertz CT molecular complexity index is 964. The minimum Gasteiger partial charge on any atom is -0.352 e. The number of nitrogens with one attached hydrogen (secondary N) is 1. The summed E-state index contributed by atoms with van der Waals surface area (Å²) in [7, 11) is 0. The molecule has 0 unspecified atom stereocenters. The number of carbonyl (C=O) groups excluding carboxylic acids is 2. The van der Waals surface area contributed by atoms with Crippen LogP contribution in [0.5, 0.6) is 0 Å². The van der Waals surface area contributed by atoms with E-state index < -0.39 is 6.04 Å². The highest BCUT2D eigenvalue weighted by atomic mass is 16.2. The molecule has 0 aliphatic heterocycles. The van der Waals surface area contributed by atoms with E-state index in [1.54, 1.807) is 4.90 Å². The van der Waals surface area contributed by atoms with Gasteiger partial charge in [0.15, 0.2) is 0 Å². The predicted molar refractivity (Wildman–Crippen MR) is 134 cm³/mol. The molecule has 0 saturated carbocycles. The summed E-state index contributed by atoms with van der Waals surface area (Å²) in [4.78, 5) is 28.6. The summed E-state index contributed by atoms with van der Waals surface area (Å²) >= 11 is 0. The van der Waals surface area contributed by atoms with Crippen LogP contribution in [0.1, 0.15) is 56.2 Å². The Labute approximate surface area is 197 Å². The van der Waals surface area contributed by atoms with Gasteiger partial charge >= 0.3 is 0 Å². The molecule has 0 heterocycles. The smallest absolute Gasteiger partial charge is 0.243 e. The maximum absolute atomic E-state index is 13.8. The lowest BCUT2D eigenvalue weighted by Gasteiger charge is -2.32. The van der Waals surface area contributed by atoms with Gasteiger partial charge in [0, 0.05) is 24.9 Å². The predicted octanol–water partition coefficient (Wildman–Crippen LogP) is 5.54. The van der Waals surface area contributed by atoms with E-state index in [1.807, 2.05) is 87.5 Å². The van der Waals surface area contributed by atoms with Crippen molar-refractivity contribution in [3.8, 4) is 0 Å². The van der Waals surface area contributed by atoms with Crippen molar-refractivity contribution < 1.29 is 9.59 Å². The van der Waals surface area contributed by atoms with E-state index in [0.29, 0.717) is 19.4 Å². The largest absolute Gasteiger partial charge is 0.352 e. The first-order valence-electron chi connectivity index (χ1n) is 11.7. The van der Waals surface area contributed by atoms with Crippen LogP contribution in [0, 0.1) is 0 Å². The number of hydrogen-bond acceptors (Lipinski definition) is 2. The second-order valence-corrected chi connectivity index (χ2v) is 8.67. The molecule has 2 amide bonds. The summed E-state index contributed by atoms with van der Waals surface area (Å²) in [6.45, 7) is 6.24. The highest BCUT2D eigenvalue weighted by molar-refractivity contribution is 5.88. The quantitative estimate of drug-likeness (QED) is 0.448. The zero-order chi connectivity index (χ0) is 23.6. The maximum atomic E-state index is 13.8. The Hall–Kier alpha value is -3.40. The molecular formula is C29H34N2O2. The minimum atomic E-state index is -0.521. The van der Waals surface area contributed by atoms with Crippen LogP contribution < -0.4 is 5.32 Å². The van der Waals surface area contributed by atoms with Crippen LogP contribution >= 0.6 is 0 Å². The Balaban J connectivity index is 1.93. The van der Waals surface area contributed by atoms with E-state index >= 15 is 0 Å². The third-order valence-corrected chi connectivity index (χ3v) is 5.80. The second kappa shape index (κ2) is 12.0. The third-order valence-electron chi connectivity index (χ3n) is 5.80. The van der Waals surface area contributed by atoms with Gasteiger partial charge in [-0.1, -0.05) is 97.9 Å². The Morgan fingerprint density at radius 1 is 0.788 bits per heavy atom. The molecule has 0 aliphatic carbocycles. The standard InChI is InChI=1S/C29H34N2O2/c1-4-27(29(33)30-22(2)3)31(21-23-14-8-5-9-15-23)28(32)20-26(24-16-10-6-11-17-24)25-18-12-7-13-19-25/h5-19,22,26-27H,4,20-21H2,1-3H3,(H,30,33)/t27-/m0/s1. The van der Waals surface area contributed by atoms with Gasteiger partial charge in [0.1, 0.15) is 6.04 Å². The monoisotopic (exact) mass is 442 g/mol. The fourth-order valence-corrected chi connectivity index (χ4v) is 4.17. The highest BCUT2D eigenvalue weighted by Crippen LogP contribution is 2.29. The molecule has 0 aromatic heterocycles. The number of amides is 2. The van der Waals surface area contributed by atoms with Gasteiger partial charge in [0.25, 0.3) is 0 Å². The van der Waals surface area contributed by atoms with E-state index in [0.717, 1.165) is 16.7 Å². The van der Waals surface area contributed by atoms with Gasteiger partial charge in [-0.25, -0.2) is 0 Å². The fraction of sp³-hybridized carbons (Fsp3) is 0.310. The van der Waals surface area contributed by atoms with Crippen molar-refractivity contribution in [1.82, 2.24) is 10.2 Å². The molecule has 0 bridgehead atoms. The lowest BCUT2D eigenvalue weighted by Crippen LogP contribution is -2.50. The van der Waals surface area contributed by atoms with Gasteiger partial charge < -0.3 is 10.2 Å². The van der Waals surface area contributed by atoms with Crippen LogP contribution in [0.25, 0.3) is 0 Å². The highest BCUT2D eigenvalue weighted by Gasteiger charge is 2.31. The molecular weight excluding hydrogens is 408 g/mol. The van der Waals surface area contributed by atoms with Crippen molar-refractivity contribution in [2.45, 2.75) is 58.2 Å². The fourth-order valence-electron chi connectivity index (χ4n) is 4.17. The molecule has 4 heteroatoms. The van der Waals surface area contributed by atoms with Gasteiger partial charge in [-0.2, -0.15) is 0 Å². The first-order valence-corrected chi connectivity index (χ1v) is 11.7. The molecule has 0 saturated heterocycles. The lowest BCUT2D eigenvalue weighted by molar-refractivity contribution is -0.141. The summed E-state index contributed by atoms with van der Waals surface area (Å²) in [6, 6.07) is 29.6. The second-order valence-electron chi connectivity index (χ2n) is 8.67. The van der Waals surface area contributed by atoms with E-state index in [1.165, 1.54) is 0 Å². The Morgan fingerprint density at radius 2 is 1.27 bits per heavy atom. The van der Waals surface area contributed by atoms with Crippen LogP contribution in [-0.2, 0) is 16.1 Å². The van der Waals surface area contributed by atoms with Crippen molar-refractivity contribution in [1.29, 1.82) is 0 Å². The van der Waals surface area contributed by atoms with Crippen LogP contribution in [0.2, 0.25) is 0 Å². The van der Waals surface area contributed by atoms with Crippen molar-refractivity contribution in [3.63, 3.8) is 0 Å². The van der Waals surface area contributed by atoms with Gasteiger partial charge in [-0.15, -0.1) is 0 Å². The first-order chi connectivity index (χ1) is 16.0. The summed E-state index contributed by atoms with van der Waals surface area (Å²) in [6.07, 6.45) is 0.852. The van der Waals surface area contributed by atoms with Gasteiger partial charge in [0.05, 0.1) is 0 Å². The van der Waals surface area contributed by atoms with Crippen molar-refractivity contribution in [3.05, 3.63) is 108 Å². The molecule has 0 fully saturated rings. The summed E-state index contributed by atoms with van der Waals surface area (Å²) in [5.41, 5.74) is 3.20. The van der Waals surface area contributed by atoms with Crippen LogP contribution in [0.3, 0.4) is 0 Å².